The zero-order valence-corrected chi connectivity index (χ0v) is 24.7. The molecule has 2 aromatic carbocycles. The second-order valence-electron chi connectivity index (χ2n) is 13.6. The van der Waals surface area contributed by atoms with E-state index < -0.39 is 0 Å². The van der Waals surface area contributed by atoms with Gasteiger partial charge in [-0.25, -0.2) is 0 Å². The molecule has 0 spiro atoms. The van der Waals surface area contributed by atoms with E-state index >= 15 is 0 Å². The van der Waals surface area contributed by atoms with Crippen LogP contribution in [0.3, 0.4) is 0 Å². The molecule has 178 valence electrons. The molecule has 0 saturated heterocycles. The van der Waals surface area contributed by atoms with Crippen molar-refractivity contribution in [3.8, 4) is 11.5 Å². The minimum atomic E-state index is -0.276. The first-order valence-corrected chi connectivity index (χ1v) is 11.9. The third-order valence-corrected chi connectivity index (χ3v) is 6.52. The zero-order valence-electron chi connectivity index (χ0n) is 24.7. The van der Waals surface area contributed by atoms with Crippen molar-refractivity contribution in [2.24, 2.45) is 0 Å². The van der Waals surface area contributed by atoms with Crippen molar-refractivity contribution in [2.45, 2.75) is 118 Å². The fourth-order valence-corrected chi connectivity index (χ4v) is 4.09. The zero-order chi connectivity index (χ0) is 25.0. The first-order chi connectivity index (χ1) is 14.2. The summed E-state index contributed by atoms with van der Waals surface area (Å²) < 4.78 is 0. The Labute approximate surface area is 233 Å². The van der Waals surface area contributed by atoms with Gasteiger partial charge in [0, 0.05) is 5.92 Å². The molecule has 34 heavy (non-hydrogen) atoms. The van der Waals surface area contributed by atoms with Crippen LogP contribution in [-0.2, 0) is 21.7 Å². The molecule has 0 N–H and O–H groups in total. The molecule has 0 heterocycles. The second kappa shape index (κ2) is 10.7. The molecular weight excluding hydrogens is 406 g/mol. The molecule has 0 saturated carbocycles. The van der Waals surface area contributed by atoms with Crippen LogP contribution in [-0.4, -0.2) is 0 Å². The maximum Gasteiger partial charge on any atom is 1.00 e. The van der Waals surface area contributed by atoms with Gasteiger partial charge in [-0.05, 0) is 55.0 Å². The summed E-state index contributed by atoms with van der Waals surface area (Å²) in [4.78, 5) is 0. The van der Waals surface area contributed by atoms with E-state index in [1.54, 1.807) is 0 Å². The molecule has 2 aromatic rings. The second-order valence-corrected chi connectivity index (χ2v) is 13.6. The van der Waals surface area contributed by atoms with Crippen molar-refractivity contribution < 1.29 is 47.9 Å². The Bertz CT molecular complexity index is 913. The topological polar surface area (TPSA) is 46.1 Å². The van der Waals surface area contributed by atoms with Crippen LogP contribution in [0.5, 0.6) is 11.5 Å². The third kappa shape index (κ3) is 7.14. The van der Waals surface area contributed by atoms with Crippen molar-refractivity contribution >= 4 is 0 Å². The summed E-state index contributed by atoms with van der Waals surface area (Å²) in [6.45, 7) is 27.6. The molecule has 0 amide bonds. The monoisotopic (exact) mass is 450 g/mol. The van der Waals surface area contributed by atoms with Gasteiger partial charge in [-0.2, -0.15) is 0 Å². The van der Waals surface area contributed by atoms with Crippen LogP contribution in [0.25, 0.3) is 0 Å². The van der Waals surface area contributed by atoms with Gasteiger partial charge < -0.3 is 10.2 Å². The van der Waals surface area contributed by atoms with Crippen molar-refractivity contribution in [3.05, 3.63) is 57.6 Å². The standard InChI is InChI=1S/C30H46O2.2Li/c1-18(21-14-19(27(2,3)4)16-23(25(21)31)29(8,9)10)22-15-20(28(5,6)7)17-24(26(22)32)30(11,12)13;;/h14-18,31-32H,1-13H3;;/q;2*+1/p-2. The van der Waals surface area contributed by atoms with Gasteiger partial charge in [-0.15, -0.1) is 11.5 Å². The maximum atomic E-state index is 13.7. The molecule has 4 heteroatoms. The molecule has 0 unspecified atom stereocenters. The van der Waals surface area contributed by atoms with Crippen LogP contribution in [0.15, 0.2) is 24.3 Å². The summed E-state index contributed by atoms with van der Waals surface area (Å²) in [6, 6.07) is 8.23. The van der Waals surface area contributed by atoms with Crippen LogP contribution < -0.4 is 47.9 Å². The van der Waals surface area contributed by atoms with Crippen LogP contribution >= 0.6 is 0 Å². The van der Waals surface area contributed by atoms with Crippen LogP contribution in [0, 0.1) is 0 Å². The van der Waals surface area contributed by atoms with Gasteiger partial charge >= 0.3 is 37.7 Å². The van der Waals surface area contributed by atoms with E-state index in [2.05, 4.69) is 95.2 Å². The molecule has 0 atom stereocenters. The van der Waals surface area contributed by atoms with Crippen molar-refractivity contribution in [1.82, 2.24) is 0 Å². The van der Waals surface area contributed by atoms with Crippen molar-refractivity contribution in [2.75, 3.05) is 0 Å². The summed E-state index contributed by atoms with van der Waals surface area (Å²) in [7, 11) is 0. The SMILES string of the molecule is CC(c1cc(C(C)(C)C)cc(C(C)(C)C)c1[O-])c1cc(C(C)(C)C)cc(C(C)(C)C)c1[O-].[Li+].[Li+]. The fraction of sp³-hybridized carbons (Fsp3) is 0.600. The Morgan fingerprint density at radius 1 is 0.500 bits per heavy atom. The largest absolute Gasteiger partial charge is 1.00 e. The molecular formula is C30H44Li2O2. The van der Waals surface area contributed by atoms with E-state index in [0.29, 0.717) is 0 Å². The van der Waals surface area contributed by atoms with Crippen molar-refractivity contribution in [3.63, 3.8) is 0 Å². The Morgan fingerprint density at radius 3 is 0.971 bits per heavy atom. The van der Waals surface area contributed by atoms with Crippen LogP contribution in [0.1, 0.15) is 129 Å². The molecule has 2 rings (SSSR count). The Morgan fingerprint density at radius 2 is 0.765 bits per heavy atom. The summed E-state index contributed by atoms with van der Waals surface area (Å²) in [5, 5.41) is 27.4. The van der Waals surface area contributed by atoms with Gasteiger partial charge in [-0.3, -0.25) is 0 Å². The molecule has 0 aliphatic rings. The molecule has 2 nitrogen and oxygen atoms in total. The average Bonchev–Trinajstić information content (AvgIpc) is 2.57. The van der Waals surface area contributed by atoms with E-state index in [1.807, 2.05) is 19.1 Å². The van der Waals surface area contributed by atoms with E-state index in [0.717, 1.165) is 33.4 Å². The van der Waals surface area contributed by atoms with E-state index in [1.165, 1.54) is 0 Å². The minimum Gasteiger partial charge on any atom is -0.872 e. The average molecular weight is 451 g/mol. The van der Waals surface area contributed by atoms with Crippen LogP contribution in [0.4, 0.5) is 0 Å². The summed E-state index contributed by atoms with van der Waals surface area (Å²) in [5.41, 5.74) is 4.66. The van der Waals surface area contributed by atoms with Gasteiger partial charge in [0.15, 0.2) is 0 Å². The summed E-state index contributed by atoms with van der Waals surface area (Å²) in [6.07, 6.45) is 0. The Balaban J connectivity index is 0.00000544. The summed E-state index contributed by atoms with van der Waals surface area (Å²) >= 11 is 0. The van der Waals surface area contributed by atoms with Gasteiger partial charge in [0.2, 0.25) is 0 Å². The summed E-state index contributed by atoms with van der Waals surface area (Å²) in [5.74, 6) is -0.145. The maximum absolute atomic E-state index is 13.7. The quantitative estimate of drug-likeness (QED) is 0.646. The Kier molecular flexibility index (Phi) is 10.5. The van der Waals surface area contributed by atoms with Gasteiger partial charge in [0.05, 0.1) is 0 Å². The van der Waals surface area contributed by atoms with Gasteiger partial charge in [0.1, 0.15) is 0 Å². The van der Waals surface area contributed by atoms with Gasteiger partial charge in [-0.1, -0.05) is 114 Å². The predicted molar refractivity (Wildman–Crippen MR) is 134 cm³/mol. The number of hydrogen-bond donors (Lipinski definition) is 0. The first kappa shape index (κ1) is 33.2. The minimum absolute atomic E-state index is 0. The van der Waals surface area contributed by atoms with E-state index in [-0.39, 0.29) is 76.8 Å². The smallest absolute Gasteiger partial charge is 0.872 e. The molecule has 0 fully saturated rings. The molecule has 0 radical (unpaired) electrons. The fourth-order valence-electron chi connectivity index (χ4n) is 4.09. The molecule has 0 bridgehead atoms. The van der Waals surface area contributed by atoms with Crippen molar-refractivity contribution in [1.29, 1.82) is 0 Å². The normalized spacial score (nSPS) is 12.9. The van der Waals surface area contributed by atoms with E-state index in [4.69, 9.17) is 0 Å². The number of benzene rings is 2. The number of rotatable bonds is 2. The third-order valence-electron chi connectivity index (χ3n) is 6.52. The molecule has 0 aliphatic carbocycles. The van der Waals surface area contributed by atoms with E-state index in [9.17, 15) is 10.2 Å². The predicted octanol–water partition coefficient (Wildman–Crippen LogP) is 1.18. The van der Waals surface area contributed by atoms with Gasteiger partial charge in [0.25, 0.3) is 0 Å². The number of hydrogen-bond acceptors (Lipinski definition) is 2. The molecule has 0 aromatic heterocycles. The first-order valence-electron chi connectivity index (χ1n) is 11.9. The van der Waals surface area contributed by atoms with Crippen LogP contribution in [0.2, 0.25) is 0 Å². The Hall–Kier alpha value is -0.765. The molecule has 0 aliphatic heterocycles.